The molecule has 2 fully saturated rings. The van der Waals surface area contributed by atoms with Crippen LogP contribution in [-0.4, -0.2) is 33.3 Å². The van der Waals surface area contributed by atoms with E-state index in [1.807, 2.05) is 11.3 Å². The van der Waals surface area contributed by atoms with Crippen molar-refractivity contribution >= 4 is 21.6 Å². The zero-order chi connectivity index (χ0) is 23.6. The minimum atomic E-state index is 0.341. The molecule has 35 heavy (non-hydrogen) atoms. The topological polar surface area (TPSA) is 44.0 Å². The van der Waals surface area contributed by atoms with Crippen molar-refractivity contribution in [1.29, 1.82) is 0 Å². The van der Waals surface area contributed by atoms with E-state index in [1.54, 1.807) is 0 Å². The molecule has 1 N–H and O–H groups in total. The summed E-state index contributed by atoms with van der Waals surface area (Å²) in [5.74, 6) is 2.78. The highest BCUT2D eigenvalue weighted by atomic mass is 32.1. The number of ether oxygens (including phenoxy) is 1. The second-order valence-corrected chi connectivity index (χ2v) is 11.2. The van der Waals surface area contributed by atoms with Gasteiger partial charge in [0.05, 0.1) is 27.7 Å². The van der Waals surface area contributed by atoms with Gasteiger partial charge in [0.2, 0.25) is 0 Å². The fraction of sp³-hybridized carbons (Fsp3) is 0.483. The summed E-state index contributed by atoms with van der Waals surface area (Å²) >= 11 is 1.81. The van der Waals surface area contributed by atoms with Crippen molar-refractivity contribution in [2.45, 2.75) is 69.9 Å². The predicted octanol–water partition coefficient (Wildman–Crippen LogP) is 6.52. The Labute approximate surface area is 212 Å². The van der Waals surface area contributed by atoms with Crippen molar-refractivity contribution in [2.24, 2.45) is 7.05 Å². The van der Waals surface area contributed by atoms with E-state index < -0.39 is 0 Å². The van der Waals surface area contributed by atoms with Gasteiger partial charge in [-0.1, -0.05) is 18.6 Å². The molecule has 3 aromatic heterocycles. The molecule has 184 valence electrons. The van der Waals surface area contributed by atoms with Crippen molar-refractivity contribution in [3.05, 3.63) is 59.2 Å². The van der Waals surface area contributed by atoms with Gasteiger partial charge in [0.25, 0.3) is 0 Å². The summed E-state index contributed by atoms with van der Waals surface area (Å²) in [6.07, 6.45) is 12.2. The Balaban J connectivity index is 1.13. The third kappa shape index (κ3) is 4.91. The molecule has 1 unspecified atom stereocenters. The molecule has 5 nitrogen and oxygen atoms in total. The molecule has 1 atom stereocenters. The number of fused-ring (bicyclic) bond motifs is 1. The highest BCUT2D eigenvalue weighted by Gasteiger charge is 2.25. The van der Waals surface area contributed by atoms with Gasteiger partial charge in [0.1, 0.15) is 5.75 Å². The lowest BCUT2D eigenvalue weighted by Crippen LogP contribution is -2.19. The maximum Gasteiger partial charge on any atom is 0.157 e. The van der Waals surface area contributed by atoms with Crippen LogP contribution in [0.2, 0.25) is 0 Å². The highest BCUT2D eigenvalue weighted by molar-refractivity contribution is 7.17. The summed E-state index contributed by atoms with van der Waals surface area (Å²) < 4.78 is 12.3. The Bertz CT molecular complexity index is 1260. The third-order valence-corrected chi connectivity index (χ3v) is 8.68. The van der Waals surface area contributed by atoms with Crippen LogP contribution in [0.15, 0.2) is 48.0 Å². The van der Waals surface area contributed by atoms with Gasteiger partial charge in [-0.15, -0.1) is 11.3 Å². The molecule has 1 aliphatic heterocycles. The molecular weight excluding hydrogens is 452 g/mol. The van der Waals surface area contributed by atoms with Gasteiger partial charge in [-0.25, -0.2) is 4.98 Å². The van der Waals surface area contributed by atoms with Gasteiger partial charge >= 0.3 is 0 Å². The molecule has 1 saturated heterocycles. The lowest BCUT2D eigenvalue weighted by molar-refractivity contribution is 0.187. The van der Waals surface area contributed by atoms with Crippen LogP contribution < -0.4 is 10.1 Å². The van der Waals surface area contributed by atoms with E-state index in [0.29, 0.717) is 12.0 Å². The molecule has 0 amide bonds. The maximum atomic E-state index is 6.25. The number of aryl methyl sites for hydroxylation is 3. The van der Waals surface area contributed by atoms with E-state index in [1.165, 1.54) is 52.9 Å². The largest absolute Gasteiger partial charge is 0.490 e. The van der Waals surface area contributed by atoms with Gasteiger partial charge in [-0.05, 0) is 93.2 Å². The standard InChI is InChI=1S/C29H36N4OS/c1-32-26-14-18-35-28(26)19-27(32)29-31-25(22-6-2-7-22)20-33(29)17-4-5-21-9-11-24(12-10-21)34-23-8-3-15-30-16-13-23/h9-12,14,18-20,22-23,30H,2-8,13,15-17H2,1H3. The lowest BCUT2D eigenvalue weighted by Gasteiger charge is -2.22. The second-order valence-electron chi connectivity index (χ2n) is 10.2. The number of rotatable bonds is 8. The number of nitrogens with one attached hydrogen (secondary N) is 1. The van der Waals surface area contributed by atoms with Crippen molar-refractivity contribution < 1.29 is 4.74 Å². The number of hydrogen-bond donors (Lipinski definition) is 1. The van der Waals surface area contributed by atoms with Crippen LogP contribution in [0.3, 0.4) is 0 Å². The molecule has 0 spiro atoms. The summed E-state index contributed by atoms with van der Waals surface area (Å²) in [6, 6.07) is 13.3. The van der Waals surface area contributed by atoms with Crippen LogP contribution in [0.1, 0.15) is 62.1 Å². The van der Waals surface area contributed by atoms with E-state index in [9.17, 15) is 0 Å². The van der Waals surface area contributed by atoms with Crippen LogP contribution in [-0.2, 0) is 20.0 Å². The molecule has 6 rings (SSSR count). The van der Waals surface area contributed by atoms with Crippen molar-refractivity contribution in [2.75, 3.05) is 13.1 Å². The first-order chi connectivity index (χ1) is 17.2. The van der Waals surface area contributed by atoms with Crippen molar-refractivity contribution in [1.82, 2.24) is 19.4 Å². The molecule has 4 aromatic rings. The van der Waals surface area contributed by atoms with Crippen LogP contribution in [0.4, 0.5) is 0 Å². The fourth-order valence-corrected chi connectivity index (χ4v) is 6.31. The first-order valence-corrected chi connectivity index (χ1v) is 14.2. The van der Waals surface area contributed by atoms with E-state index >= 15 is 0 Å². The number of benzene rings is 1. The summed E-state index contributed by atoms with van der Waals surface area (Å²) in [7, 11) is 2.17. The van der Waals surface area contributed by atoms with Crippen molar-refractivity contribution in [3.8, 4) is 17.3 Å². The van der Waals surface area contributed by atoms with Gasteiger partial charge in [0.15, 0.2) is 5.82 Å². The van der Waals surface area contributed by atoms with E-state index in [4.69, 9.17) is 9.72 Å². The van der Waals surface area contributed by atoms with Gasteiger partial charge in [-0.2, -0.15) is 0 Å². The number of aromatic nitrogens is 3. The molecule has 2 aliphatic rings. The SMILES string of the molecule is Cn1c(-c2nc(C3CCC3)cn2CCCc2ccc(OC3CCCNCC3)cc2)cc2sccc21. The molecule has 1 aromatic carbocycles. The minimum absolute atomic E-state index is 0.341. The average molecular weight is 489 g/mol. The fourth-order valence-electron chi connectivity index (χ4n) is 5.46. The molecule has 6 heteroatoms. The van der Waals surface area contributed by atoms with Gasteiger partial charge < -0.3 is 19.2 Å². The Morgan fingerprint density at radius 2 is 1.94 bits per heavy atom. The molecule has 0 bridgehead atoms. The van der Waals surface area contributed by atoms with Crippen LogP contribution >= 0.6 is 11.3 Å². The van der Waals surface area contributed by atoms with Crippen LogP contribution in [0, 0.1) is 0 Å². The Kier molecular flexibility index (Phi) is 6.66. The summed E-state index contributed by atoms with van der Waals surface area (Å²) in [4.78, 5) is 5.16. The van der Waals surface area contributed by atoms with E-state index in [2.05, 4.69) is 69.5 Å². The quantitative estimate of drug-likeness (QED) is 0.307. The predicted molar refractivity (Wildman–Crippen MR) is 145 cm³/mol. The minimum Gasteiger partial charge on any atom is -0.490 e. The summed E-state index contributed by atoms with van der Waals surface area (Å²) in [5, 5.41) is 5.63. The maximum absolute atomic E-state index is 6.25. The molecule has 0 radical (unpaired) electrons. The number of nitrogens with zero attached hydrogens (tertiary/aromatic N) is 3. The number of hydrogen-bond acceptors (Lipinski definition) is 4. The van der Waals surface area contributed by atoms with Gasteiger partial charge in [0, 0.05) is 25.7 Å². The number of imidazole rings is 1. The molecule has 1 saturated carbocycles. The Hall–Kier alpha value is -2.57. The first-order valence-electron chi connectivity index (χ1n) is 13.3. The molecule has 1 aliphatic carbocycles. The lowest BCUT2D eigenvalue weighted by atomic mass is 9.83. The van der Waals surface area contributed by atoms with Crippen LogP contribution in [0.5, 0.6) is 5.75 Å². The average Bonchev–Trinajstić information content (AvgIpc) is 3.46. The summed E-state index contributed by atoms with van der Waals surface area (Å²) in [6.45, 7) is 3.16. The monoisotopic (exact) mass is 488 g/mol. The van der Waals surface area contributed by atoms with E-state index in [0.717, 1.165) is 56.9 Å². The zero-order valence-electron chi connectivity index (χ0n) is 20.7. The normalized spacial score (nSPS) is 19.1. The Morgan fingerprint density at radius 1 is 1.06 bits per heavy atom. The highest BCUT2D eigenvalue weighted by Crippen LogP contribution is 2.38. The first kappa shape index (κ1) is 22.9. The Morgan fingerprint density at radius 3 is 2.74 bits per heavy atom. The molecular formula is C29H36N4OS. The van der Waals surface area contributed by atoms with Crippen molar-refractivity contribution in [3.63, 3.8) is 0 Å². The zero-order valence-corrected chi connectivity index (χ0v) is 21.5. The second kappa shape index (κ2) is 10.2. The van der Waals surface area contributed by atoms with Gasteiger partial charge in [-0.3, -0.25) is 0 Å². The molecule has 4 heterocycles. The smallest absolute Gasteiger partial charge is 0.157 e. The van der Waals surface area contributed by atoms with Crippen LogP contribution in [0.25, 0.3) is 21.7 Å². The summed E-state index contributed by atoms with van der Waals surface area (Å²) in [5.41, 5.74) is 5.19. The van der Waals surface area contributed by atoms with E-state index in [-0.39, 0.29) is 0 Å². The number of thiophene rings is 1. The third-order valence-electron chi connectivity index (χ3n) is 7.82.